The molecule has 26 heavy (non-hydrogen) atoms. The molecule has 0 spiro atoms. The summed E-state index contributed by atoms with van der Waals surface area (Å²) in [5.74, 6) is -0.643. The molecule has 1 aromatic heterocycles. The highest BCUT2D eigenvalue weighted by Gasteiger charge is 2.19. The van der Waals surface area contributed by atoms with Crippen molar-refractivity contribution in [2.24, 2.45) is 0 Å². The molecule has 2 aromatic carbocycles. The van der Waals surface area contributed by atoms with Crippen molar-refractivity contribution >= 4 is 23.2 Å². The first-order valence-corrected chi connectivity index (χ1v) is 8.39. The molecule has 2 amide bonds. The van der Waals surface area contributed by atoms with Gasteiger partial charge in [-0.15, -0.1) is 0 Å². The first-order valence-electron chi connectivity index (χ1n) is 8.39. The maximum Gasteiger partial charge on any atom is 0.278 e. The van der Waals surface area contributed by atoms with Crippen LogP contribution in [0.4, 0.5) is 11.4 Å². The molecule has 132 valence electrons. The van der Waals surface area contributed by atoms with Crippen molar-refractivity contribution in [3.05, 3.63) is 77.6 Å². The lowest BCUT2D eigenvalue weighted by Crippen LogP contribution is -2.18. The molecule has 1 heterocycles. The third-order valence-corrected chi connectivity index (χ3v) is 3.97. The second-order valence-electron chi connectivity index (χ2n) is 5.84. The van der Waals surface area contributed by atoms with Gasteiger partial charge in [-0.1, -0.05) is 36.4 Å². The van der Waals surface area contributed by atoms with Gasteiger partial charge in [-0.2, -0.15) is 5.10 Å². The van der Waals surface area contributed by atoms with Gasteiger partial charge in [0.25, 0.3) is 11.8 Å². The summed E-state index contributed by atoms with van der Waals surface area (Å²) in [6, 6.07) is 16.4. The Morgan fingerprint density at radius 1 is 0.962 bits per heavy atom. The number of para-hydroxylation sites is 1. The Balaban J connectivity index is 1.85. The number of hydrogen-bond donors (Lipinski definition) is 2. The van der Waals surface area contributed by atoms with Crippen LogP contribution in [0.3, 0.4) is 0 Å². The zero-order valence-corrected chi connectivity index (χ0v) is 14.7. The third-order valence-electron chi connectivity index (χ3n) is 3.97. The number of benzene rings is 2. The van der Waals surface area contributed by atoms with Crippen molar-refractivity contribution in [2.45, 2.75) is 20.4 Å². The summed E-state index contributed by atoms with van der Waals surface area (Å²) in [6.07, 6.45) is 1.66. The largest absolute Gasteiger partial charge is 0.321 e. The molecule has 6 nitrogen and oxygen atoms in total. The van der Waals surface area contributed by atoms with E-state index in [0.29, 0.717) is 23.5 Å². The van der Waals surface area contributed by atoms with Crippen molar-refractivity contribution in [3.8, 4) is 0 Å². The number of carbonyl (C=O) groups excluding carboxylic acids is 2. The lowest BCUT2D eigenvalue weighted by atomic mass is 10.1. The molecule has 0 saturated heterocycles. The standard InChI is InChI=1S/C20H20N4O2/c1-3-24-13-17(22-19(25)16-12-8-7-9-14(16)2)18(23-24)20(26)21-15-10-5-4-6-11-15/h4-13H,3H2,1-2H3,(H,21,26)(H,22,25). The number of carbonyl (C=O) groups is 2. The number of nitrogens with one attached hydrogen (secondary N) is 2. The van der Waals surface area contributed by atoms with Gasteiger partial charge in [0, 0.05) is 24.0 Å². The fourth-order valence-corrected chi connectivity index (χ4v) is 2.57. The Labute approximate surface area is 151 Å². The van der Waals surface area contributed by atoms with Crippen LogP contribution in [0.25, 0.3) is 0 Å². The number of anilines is 2. The first kappa shape index (κ1) is 17.4. The van der Waals surface area contributed by atoms with Crippen molar-refractivity contribution in [2.75, 3.05) is 10.6 Å². The van der Waals surface area contributed by atoms with Gasteiger partial charge in [-0.3, -0.25) is 14.3 Å². The molecule has 0 saturated carbocycles. The molecule has 0 bridgehead atoms. The second kappa shape index (κ2) is 7.65. The normalized spacial score (nSPS) is 10.4. The fourth-order valence-electron chi connectivity index (χ4n) is 2.57. The quantitative estimate of drug-likeness (QED) is 0.738. The Bertz CT molecular complexity index is 932. The molecule has 0 radical (unpaired) electrons. The number of rotatable bonds is 5. The molecule has 0 atom stereocenters. The minimum atomic E-state index is -0.372. The van der Waals surface area contributed by atoms with Crippen LogP contribution in [0.2, 0.25) is 0 Å². The molecule has 6 heteroatoms. The maximum absolute atomic E-state index is 12.6. The second-order valence-corrected chi connectivity index (χ2v) is 5.84. The summed E-state index contributed by atoms with van der Waals surface area (Å²) in [6.45, 7) is 4.37. The lowest BCUT2D eigenvalue weighted by molar-refractivity contribution is 0.102. The Kier molecular flexibility index (Phi) is 5.12. The fraction of sp³-hybridized carbons (Fsp3) is 0.150. The van der Waals surface area contributed by atoms with Crippen LogP contribution in [0.5, 0.6) is 0 Å². The topological polar surface area (TPSA) is 76.0 Å². The molecular formula is C20H20N4O2. The van der Waals surface area contributed by atoms with Gasteiger partial charge in [-0.25, -0.2) is 0 Å². The van der Waals surface area contributed by atoms with Gasteiger partial charge >= 0.3 is 0 Å². The van der Waals surface area contributed by atoms with E-state index in [1.165, 1.54) is 0 Å². The highest BCUT2D eigenvalue weighted by Crippen LogP contribution is 2.18. The van der Waals surface area contributed by atoms with E-state index in [2.05, 4.69) is 15.7 Å². The molecule has 0 aliphatic heterocycles. The summed E-state index contributed by atoms with van der Waals surface area (Å²) in [5, 5.41) is 9.88. The van der Waals surface area contributed by atoms with E-state index in [4.69, 9.17) is 0 Å². The van der Waals surface area contributed by atoms with E-state index in [1.54, 1.807) is 35.1 Å². The van der Waals surface area contributed by atoms with Crippen LogP contribution in [-0.4, -0.2) is 21.6 Å². The molecule has 3 aromatic rings. The highest BCUT2D eigenvalue weighted by molar-refractivity contribution is 6.11. The van der Waals surface area contributed by atoms with Crippen LogP contribution >= 0.6 is 0 Å². The van der Waals surface area contributed by atoms with E-state index in [1.807, 2.05) is 44.2 Å². The minimum absolute atomic E-state index is 0.178. The first-order chi connectivity index (χ1) is 12.6. The Hall–Kier alpha value is -3.41. The summed E-state index contributed by atoms with van der Waals surface area (Å²) in [7, 11) is 0. The predicted octanol–water partition coefficient (Wildman–Crippen LogP) is 3.72. The molecule has 0 fully saturated rings. The smallest absolute Gasteiger partial charge is 0.278 e. The van der Waals surface area contributed by atoms with Gasteiger partial charge in [0.1, 0.15) is 0 Å². The van der Waals surface area contributed by atoms with Crippen LogP contribution in [0, 0.1) is 6.92 Å². The highest BCUT2D eigenvalue weighted by atomic mass is 16.2. The lowest BCUT2D eigenvalue weighted by Gasteiger charge is -2.08. The maximum atomic E-state index is 12.6. The van der Waals surface area contributed by atoms with Crippen LogP contribution < -0.4 is 10.6 Å². The van der Waals surface area contributed by atoms with Crippen molar-refractivity contribution < 1.29 is 9.59 Å². The molecule has 0 unspecified atom stereocenters. The third kappa shape index (κ3) is 3.80. The number of nitrogens with zero attached hydrogens (tertiary/aromatic N) is 2. The van der Waals surface area contributed by atoms with Gasteiger partial charge in [-0.05, 0) is 37.6 Å². The molecule has 3 rings (SSSR count). The molecular weight excluding hydrogens is 328 g/mol. The van der Waals surface area contributed by atoms with E-state index < -0.39 is 0 Å². The predicted molar refractivity (Wildman–Crippen MR) is 101 cm³/mol. The van der Waals surface area contributed by atoms with Gasteiger partial charge in [0.05, 0.1) is 5.69 Å². The molecule has 0 aliphatic carbocycles. The SMILES string of the molecule is CCn1cc(NC(=O)c2ccccc2C)c(C(=O)Nc2ccccc2)n1. The molecule has 2 N–H and O–H groups in total. The van der Waals surface area contributed by atoms with E-state index >= 15 is 0 Å². The van der Waals surface area contributed by atoms with E-state index in [0.717, 1.165) is 5.56 Å². The number of hydrogen-bond acceptors (Lipinski definition) is 3. The molecule has 0 aliphatic rings. The zero-order valence-electron chi connectivity index (χ0n) is 14.7. The Morgan fingerprint density at radius 2 is 1.65 bits per heavy atom. The number of amides is 2. The minimum Gasteiger partial charge on any atom is -0.321 e. The summed E-state index contributed by atoms with van der Waals surface area (Å²) < 4.78 is 1.62. The summed E-state index contributed by atoms with van der Waals surface area (Å²) >= 11 is 0. The van der Waals surface area contributed by atoms with Crippen LogP contribution in [0.15, 0.2) is 60.8 Å². The van der Waals surface area contributed by atoms with Gasteiger partial charge < -0.3 is 10.6 Å². The number of aromatic nitrogens is 2. The van der Waals surface area contributed by atoms with Gasteiger partial charge in [0.15, 0.2) is 5.69 Å². The number of aryl methyl sites for hydroxylation is 2. The van der Waals surface area contributed by atoms with E-state index in [-0.39, 0.29) is 17.5 Å². The monoisotopic (exact) mass is 348 g/mol. The van der Waals surface area contributed by atoms with Crippen molar-refractivity contribution in [1.82, 2.24) is 9.78 Å². The summed E-state index contributed by atoms with van der Waals surface area (Å²) in [4.78, 5) is 25.2. The van der Waals surface area contributed by atoms with Crippen molar-refractivity contribution in [1.29, 1.82) is 0 Å². The van der Waals surface area contributed by atoms with Crippen LogP contribution in [-0.2, 0) is 6.54 Å². The zero-order chi connectivity index (χ0) is 18.5. The average molecular weight is 348 g/mol. The van der Waals surface area contributed by atoms with E-state index in [9.17, 15) is 9.59 Å². The van der Waals surface area contributed by atoms with Crippen LogP contribution in [0.1, 0.15) is 33.3 Å². The van der Waals surface area contributed by atoms with Crippen molar-refractivity contribution in [3.63, 3.8) is 0 Å². The average Bonchev–Trinajstić information content (AvgIpc) is 3.06. The summed E-state index contributed by atoms with van der Waals surface area (Å²) in [5.41, 5.74) is 2.65. The Morgan fingerprint density at radius 3 is 2.35 bits per heavy atom. The van der Waals surface area contributed by atoms with Gasteiger partial charge in [0.2, 0.25) is 0 Å².